The van der Waals surface area contributed by atoms with E-state index in [0.29, 0.717) is 31.9 Å². The molecule has 1 N–H and O–H groups in total. The summed E-state index contributed by atoms with van der Waals surface area (Å²) >= 11 is 3.38. The zero-order valence-corrected chi connectivity index (χ0v) is 12.2. The Labute approximate surface area is 116 Å². The van der Waals surface area contributed by atoms with Crippen molar-refractivity contribution in [2.75, 3.05) is 33.5 Å². The van der Waals surface area contributed by atoms with Crippen LogP contribution in [0.4, 0.5) is 0 Å². The van der Waals surface area contributed by atoms with Crippen LogP contribution in [0.15, 0.2) is 22.7 Å². The third kappa shape index (κ3) is 5.16. The number of methoxy groups -OCH3 is 1. The Morgan fingerprint density at radius 1 is 1.33 bits per heavy atom. The zero-order valence-electron chi connectivity index (χ0n) is 10.7. The van der Waals surface area contributed by atoms with Gasteiger partial charge in [-0.3, -0.25) is 4.79 Å². The fraction of sp³-hybridized carbons (Fsp3) is 0.462. The SMILES string of the molecule is COCCOCCNC(=O)c1ccc(C)cc1Br. The van der Waals surface area contributed by atoms with Gasteiger partial charge in [0.25, 0.3) is 5.91 Å². The Kier molecular flexibility index (Phi) is 6.93. The second-order valence-electron chi connectivity index (χ2n) is 3.84. The number of aryl methyl sites for hydroxylation is 1. The topological polar surface area (TPSA) is 47.6 Å². The molecule has 1 amide bonds. The average molecular weight is 316 g/mol. The molecule has 1 aromatic rings. The van der Waals surface area contributed by atoms with E-state index in [1.807, 2.05) is 19.1 Å². The monoisotopic (exact) mass is 315 g/mol. The molecule has 0 aliphatic rings. The second-order valence-corrected chi connectivity index (χ2v) is 4.70. The van der Waals surface area contributed by atoms with Crippen molar-refractivity contribution in [2.24, 2.45) is 0 Å². The summed E-state index contributed by atoms with van der Waals surface area (Å²) in [7, 11) is 1.63. The van der Waals surface area contributed by atoms with Crippen LogP contribution in [0.5, 0.6) is 0 Å². The maximum atomic E-state index is 11.8. The first-order chi connectivity index (χ1) is 8.65. The highest BCUT2D eigenvalue weighted by Crippen LogP contribution is 2.17. The summed E-state index contributed by atoms with van der Waals surface area (Å²) in [4.78, 5) is 11.8. The molecular weight excluding hydrogens is 298 g/mol. The number of amides is 1. The molecule has 0 spiro atoms. The minimum Gasteiger partial charge on any atom is -0.382 e. The maximum Gasteiger partial charge on any atom is 0.252 e. The summed E-state index contributed by atoms with van der Waals surface area (Å²) in [5, 5.41) is 2.80. The van der Waals surface area contributed by atoms with E-state index < -0.39 is 0 Å². The first-order valence-corrected chi connectivity index (χ1v) is 6.55. The number of carbonyl (C=O) groups is 1. The summed E-state index contributed by atoms with van der Waals surface area (Å²) in [6.07, 6.45) is 0. The van der Waals surface area contributed by atoms with Gasteiger partial charge in [0, 0.05) is 18.1 Å². The van der Waals surface area contributed by atoms with E-state index in [1.165, 1.54) is 0 Å². The van der Waals surface area contributed by atoms with Gasteiger partial charge in [0.2, 0.25) is 0 Å². The van der Waals surface area contributed by atoms with Gasteiger partial charge in [-0.05, 0) is 40.5 Å². The molecule has 5 heteroatoms. The molecule has 0 atom stereocenters. The number of carbonyl (C=O) groups excluding carboxylic acids is 1. The quantitative estimate of drug-likeness (QED) is 0.784. The lowest BCUT2D eigenvalue weighted by molar-refractivity contribution is 0.0692. The second kappa shape index (κ2) is 8.24. The molecule has 0 saturated heterocycles. The molecule has 0 fully saturated rings. The normalized spacial score (nSPS) is 10.4. The Morgan fingerprint density at radius 2 is 2.11 bits per heavy atom. The van der Waals surface area contributed by atoms with E-state index in [0.717, 1.165) is 10.0 Å². The van der Waals surface area contributed by atoms with Crippen molar-refractivity contribution in [3.05, 3.63) is 33.8 Å². The van der Waals surface area contributed by atoms with Gasteiger partial charge < -0.3 is 14.8 Å². The van der Waals surface area contributed by atoms with Crippen molar-refractivity contribution >= 4 is 21.8 Å². The van der Waals surface area contributed by atoms with Gasteiger partial charge in [-0.1, -0.05) is 6.07 Å². The molecule has 0 aliphatic heterocycles. The Balaban J connectivity index is 2.32. The third-order valence-corrected chi connectivity index (χ3v) is 2.99. The molecule has 0 bridgehead atoms. The first kappa shape index (κ1) is 15.1. The molecular formula is C13H18BrNO3. The zero-order chi connectivity index (χ0) is 13.4. The summed E-state index contributed by atoms with van der Waals surface area (Å²) in [6, 6.07) is 5.64. The van der Waals surface area contributed by atoms with Gasteiger partial charge in [-0.15, -0.1) is 0 Å². The lowest BCUT2D eigenvalue weighted by Crippen LogP contribution is -2.27. The maximum absolute atomic E-state index is 11.8. The number of rotatable bonds is 7. The van der Waals surface area contributed by atoms with Gasteiger partial charge in [0.1, 0.15) is 0 Å². The van der Waals surface area contributed by atoms with E-state index in [9.17, 15) is 4.79 Å². The van der Waals surface area contributed by atoms with Crippen LogP contribution in [0.25, 0.3) is 0 Å². The molecule has 0 aromatic heterocycles. The summed E-state index contributed by atoms with van der Waals surface area (Å²) < 4.78 is 10.9. The largest absolute Gasteiger partial charge is 0.382 e. The van der Waals surface area contributed by atoms with Crippen molar-refractivity contribution in [1.29, 1.82) is 0 Å². The molecule has 18 heavy (non-hydrogen) atoms. The number of hydrogen-bond acceptors (Lipinski definition) is 3. The van der Waals surface area contributed by atoms with Crippen molar-refractivity contribution in [3.63, 3.8) is 0 Å². The third-order valence-electron chi connectivity index (χ3n) is 2.33. The molecule has 0 heterocycles. The Bertz CT molecular complexity index is 396. The highest BCUT2D eigenvalue weighted by atomic mass is 79.9. The van der Waals surface area contributed by atoms with Crippen molar-refractivity contribution in [2.45, 2.75) is 6.92 Å². The van der Waals surface area contributed by atoms with E-state index in [4.69, 9.17) is 9.47 Å². The molecule has 1 rings (SSSR count). The molecule has 4 nitrogen and oxygen atoms in total. The van der Waals surface area contributed by atoms with Crippen LogP contribution >= 0.6 is 15.9 Å². The number of halogens is 1. The highest BCUT2D eigenvalue weighted by Gasteiger charge is 2.08. The van der Waals surface area contributed by atoms with Gasteiger partial charge in [-0.25, -0.2) is 0 Å². The minimum absolute atomic E-state index is 0.0998. The lowest BCUT2D eigenvalue weighted by Gasteiger charge is -2.08. The van der Waals surface area contributed by atoms with Gasteiger partial charge in [0.15, 0.2) is 0 Å². The smallest absolute Gasteiger partial charge is 0.252 e. The molecule has 0 unspecified atom stereocenters. The van der Waals surface area contributed by atoms with E-state index in [-0.39, 0.29) is 5.91 Å². The predicted molar refractivity (Wildman–Crippen MR) is 73.9 cm³/mol. The highest BCUT2D eigenvalue weighted by molar-refractivity contribution is 9.10. The fourth-order valence-electron chi connectivity index (χ4n) is 1.38. The van der Waals surface area contributed by atoms with Crippen LogP contribution in [0.3, 0.4) is 0 Å². The van der Waals surface area contributed by atoms with Crippen LogP contribution in [0, 0.1) is 6.92 Å². The number of nitrogens with one attached hydrogen (secondary N) is 1. The molecule has 0 radical (unpaired) electrons. The minimum atomic E-state index is -0.0998. The van der Waals surface area contributed by atoms with E-state index >= 15 is 0 Å². The molecule has 100 valence electrons. The van der Waals surface area contributed by atoms with Crippen LogP contribution < -0.4 is 5.32 Å². The van der Waals surface area contributed by atoms with E-state index in [2.05, 4.69) is 21.2 Å². The summed E-state index contributed by atoms with van der Waals surface area (Å²) in [5.74, 6) is -0.0998. The van der Waals surface area contributed by atoms with E-state index in [1.54, 1.807) is 13.2 Å². The summed E-state index contributed by atoms with van der Waals surface area (Å²) in [5.41, 5.74) is 1.75. The number of hydrogen-bond donors (Lipinski definition) is 1. The fourth-order valence-corrected chi connectivity index (χ4v) is 2.05. The van der Waals surface area contributed by atoms with Gasteiger partial charge in [0.05, 0.1) is 25.4 Å². The Morgan fingerprint density at radius 3 is 2.78 bits per heavy atom. The molecule has 0 aliphatic carbocycles. The number of ether oxygens (including phenoxy) is 2. The van der Waals surface area contributed by atoms with Crippen LogP contribution in [0.1, 0.15) is 15.9 Å². The summed E-state index contributed by atoms with van der Waals surface area (Å²) in [6.45, 7) is 4.07. The molecule has 1 aromatic carbocycles. The van der Waals surface area contributed by atoms with Crippen LogP contribution in [-0.2, 0) is 9.47 Å². The van der Waals surface area contributed by atoms with Crippen molar-refractivity contribution in [3.8, 4) is 0 Å². The van der Waals surface area contributed by atoms with Crippen molar-refractivity contribution < 1.29 is 14.3 Å². The average Bonchev–Trinajstić information content (AvgIpc) is 2.33. The first-order valence-electron chi connectivity index (χ1n) is 5.76. The standard InChI is InChI=1S/C13H18BrNO3/c1-10-3-4-11(12(14)9-10)13(16)15-5-6-18-8-7-17-2/h3-4,9H,5-8H2,1-2H3,(H,15,16). The van der Waals surface area contributed by atoms with Gasteiger partial charge in [-0.2, -0.15) is 0 Å². The lowest BCUT2D eigenvalue weighted by atomic mass is 10.1. The van der Waals surface area contributed by atoms with Gasteiger partial charge >= 0.3 is 0 Å². The Hall–Kier alpha value is -0.910. The molecule has 0 saturated carbocycles. The predicted octanol–water partition coefficient (Wildman–Crippen LogP) is 2.15. The van der Waals surface area contributed by atoms with Crippen LogP contribution in [0.2, 0.25) is 0 Å². The number of benzene rings is 1. The van der Waals surface area contributed by atoms with Crippen molar-refractivity contribution in [1.82, 2.24) is 5.32 Å². The van der Waals surface area contributed by atoms with Crippen LogP contribution in [-0.4, -0.2) is 39.4 Å².